The summed E-state index contributed by atoms with van der Waals surface area (Å²) in [6.07, 6.45) is 0. The van der Waals surface area contributed by atoms with Gasteiger partial charge in [-0.15, -0.1) is 0 Å². The van der Waals surface area contributed by atoms with E-state index in [-0.39, 0.29) is 5.57 Å². The van der Waals surface area contributed by atoms with E-state index >= 15 is 0 Å². The molecule has 2 N–H and O–H groups in total. The lowest BCUT2D eigenvalue weighted by molar-refractivity contribution is -0.132. The van der Waals surface area contributed by atoms with Crippen LogP contribution >= 0.6 is 0 Å². The van der Waals surface area contributed by atoms with Crippen LogP contribution in [0.3, 0.4) is 0 Å². The standard InChI is InChI=1S/C24H23NO3S/c1-17-13-15-21(16-14-17)29(28)25-23(20-11-7-4-8-12-20)22(24(26)27)18(2)19-9-5-3-6-10-19/h3-16,23,25H,1-2H3,(H,26,27)/b22-18-/t23-,29-/m0/s1. The predicted octanol–water partition coefficient (Wildman–Crippen LogP) is 4.91. The van der Waals surface area contributed by atoms with Gasteiger partial charge in [0.25, 0.3) is 0 Å². The maximum absolute atomic E-state index is 13.0. The van der Waals surface area contributed by atoms with E-state index in [1.807, 2.05) is 79.7 Å². The van der Waals surface area contributed by atoms with Crippen molar-refractivity contribution in [2.75, 3.05) is 0 Å². The molecule has 2 atom stereocenters. The van der Waals surface area contributed by atoms with Crippen molar-refractivity contribution in [1.29, 1.82) is 0 Å². The van der Waals surface area contributed by atoms with Crippen LogP contribution in [0.15, 0.2) is 95.4 Å². The van der Waals surface area contributed by atoms with Crippen molar-refractivity contribution < 1.29 is 14.1 Å². The molecule has 0 fully saturated rings. The van der Waals surface area contributed by atoms with Crippen molar-refractivity contribution in [3.63, 3.8) is 0 Å². The molecule has 0 saturated heterocycles. The molecular formula is C24H23NO3S. The second kappa shape index (κ2) is 9.45. The van der Waals surface area contributed by atoms with Crippen LogP contribution in [0.5, 0.6) is 0 Å². The van der Waals surface area contributed by atoms with Crippen molar-refractivity contribution >= 4 is 22.5 Å². The van der Waals surface area contributed by atoms with Crippen molar-refractivity contribution in [2.24, 2.45) is 0 Å². The predicted molar refractivity (Wildman–Crippen MR) is 117 cm³/mol. The van der Waals surface area contributed by atoms with Gasteiger partial charge >= 0.3 is 5.97 Å². The fourth-order valence-electron chi connectivity index (χ4n) is 3.12. The molecule has 0 heterocycles. The molecule has 0 aliphatic carbocycles. The number of benzene rings is 3. The Kier molecular flexibility index (Phi) is 6.75. The number of carbonyl (C=O) groups is 1. The smallest absolute Gasteiger partial charge is 0.333 e. The fraction of sp³-hybridized carbons (Fsp3) is 0.125. The summed E-state index contributed by atoms with van der Waals surface area (Å²) < 4.78 is 16.0. The minimum Gasteiger partial charge on any atom is -0.478 e. The fourth-order valence-corrected chi connectivity index (χ4v) is 4.11. The number of hydrogen-bond donors (Lipinski definition) is 2. The van der Waals surface area contributed by atoms with Crippen molar-refractivity contribution in [2.45, 2.75) is 24.8 Å². The average Bonchev–Trinajstić information content (AvgIpc) is 2.74. The van der Waals surface area contributed by atoms with Crippen LogP contribution in [0.25, 0.3) is 5.57 Å². The Balaban J connectivity index is 2.08. The lowest BCUT2D eigenvalue weighted by Gasteiger charge is -2.22. The van der Waals surface area contributed by atoms with Gasteiger partial charge in [0, 0.05) is 0 Å². The van der Waals surface area contributed by atoms with Crippen LogP contribution in [0.2, 0.25) is 0 Å². The maximum Gasteiger partial charge on any atom is 0.333 e. The Labute approximate surface area is 173 Å². The Morgan fingerprint density at radius 2 is 1.45 bits per heavy atom. The highest BCUT2D eigenvalue weighted by atomic mass is 32.2. The topological polar surface area (TPSA) is 66.4 Å². The summed E-state index contributed by atoms with van der Waals surface area (Å²) in [4.78, 5) is 12.9. The Morgan fingerprint density at radius 3 is 2.00 bits per heavy atom. The Morgan fingerprint density at radius 1 is 0.897 bits per heavy atom. The molecule has 0 amide bonds. The van der Waals surface area contributed by atoms with E-state index in [1.54, 1.807) is 19.1 Å². The summed E-state index contributed by atoms with van der Waals surface area (Å²) in [5.74, 6) is -1.05. The number of rotatable bonds is 7. The van der Waals surface area contributed by atoms with Crippen LogP contribution in [-0.2, 0) is 15.8 Å². The van der Waals surface area contributed by atoms with E-state index < -0.39 is 23.0 Å². The van der Waals surface area contributed by atoms with Gasteiger partial charge in [0.1, 0.15) is 11.0 Å². The number of aliphatic carboxylic acids is 1. The molecule has 0 aromatic heterocycles. The molecule has 0 radical (unpaired) electrons. The summed E-state index contributed by atoms with van der Waals surface area (Å²) in [6.45, 7) is 3.74. The molecule has 148 valence electrons. The molecule has 3 aromatic carbocycles. The average molecular weight is 406 g/mol. The van der Waals surface area contributed by atoms with E-state index in [4.69, 9.17) is 0 Å². The van der Waals surface area contributed by atoms with Gasteiger partial charge in [0.05, 0.1) is 16.5 Å². The number of hydrogen-bond acceptors (Lipinski definition) is 2. The van der Waals surface area contributed by atoms with Gasteiger partial charge in [-0.1, -0.05) is 78.4 Å². The van der Waals surface area contributed by atoms with Gasteiger partial charge in [0.2, 0.25) is 0 Å². The minimum absolute atomic E-state index is 0.169. The third-order valence-corrected chi connectivity index (χ3v) is 5.87. The van der Waals surface area contributed by atoms with Crippen LogP contribution in [0.4, 0.5) is 0 Å². The lowest BCUT2D eigenvalue weighted by Crippen LogP contribution is -2.29. The van der Waals surface area contributed by atoms with Crippen LogP contribution < -0.4 is 4.72 Å². The Bertz CT molecular complexity index is 1030. The van der Waals surface area contributed by atoms with Gasteiger partial charge in [-0.25, -0.2) is 13.7 Å². The first-order chi connectivity index (χ1) is 14.0. The molecule has 4 nitrogen and oxygen atoms in total. The normalized spacial score (nSPS) is 14.0. The second-order valence-electron chi connectivity index (χ2n) is 6.75. The SMILES string of the molecule is C/C(=C(/C(=O)O)[C@@H](N[S@@](=O)c1ccc(C)cc1)c1ccccc1)c1ccccc1. The molecule has 5 heteroatoms. The molecule has 0 saturated carbocycles. The summed E-state index contributed by atoms with van der Waals surface area (Å²) in [7, 11) is -1.58. The van der Waals surface area contributed by atoms with Gasteiger partial charge < -0.3 is 5.11 Å². The Hall–Kier alpha value is -3.02. The molecular weight excluding hydrogens is 382 g/mol. The largest absolute Gasteiger partial charge is 0.478 e. The quantitative estimate of drug-likeness (QED) is 0.549. The first-order valence-corrected chi connectivity index (χ1v) is 10.4. The van der Waals surface area contributed by atoms with E-state index in [1.165, 1.54) is 0 Å². The molecule has 3 aromatic rings. The third-order valence-electron chi connectivity index (χ3n) is 4.72. The first-order valence-electron chi connectivity index (χ1n) is 9.26. The number of carboxylic acids is 1. The zero-order valence-corrected chi connectivity index (χ0v) is 17.1. The van der Waals surface area contributed by atoms with Gasteiger partial charge in [-0.2, -0.15) is 0 Å². The zero-order chi connectivity index (χ0) is 20.8. The molecule has 0 unspecified atom stereocenters. The van der Waals surface area contributed by atoms with E-state index in [9.17, 15) is 14.1 Å². The maximum atomic E-state index is 13.0. The monoisotopic (exact) mass is 405 g/mol. The summed E-state index contributed by atoms with van der Waals surface area (Å²) in [6, 6.07) is 25.2. The lowest BCUT2D eigenvalue weighted by atomic mass is 9.92. The molecule has 0 spiro atoms. The second-order valence-corrected chi connectivity index (χ2v) is 8.00. The van der Waals surface area contributed by atoms with Crippen molar-refractivity contribution in [3.05, 3.63) is 107 Å². The number of carboxylic acid groups (broad SMARTS) is 1. The number of nitrogens with one attached hydrogen (secondary N) is 1. The van der Waals surface area contributed by atoms with Crippen LogP contribution in [-0.4, -0.2) is 15.3 Å². The third kappa shape index (κ3) is 5.08. The number of allylic oxidation sites excluding steroid dienone is 1. The summed E-state index contributed by atoms with van der Waals surface area (Å²) in [5, 5.41) is 10.1. The summed E-state index contributed by atoms with van der Waals surface area (Å²) >= 11 is 0. The van der Waals surface area contributed by atoms with E-state index in [2.05, 4.69) is 4.72 Å². The van der Waals surface area contributed by atoms with Gasteiger partial charge in [0.15, 0.2) is 0 Å². The summed E-state index contributed by atoms with van der Waals surface area (Å²) in [5.41, 5.74) is 3.41. The van der Waals surface area contributed by atoms with Crippen LogP contribution in [0, 0.1) is 6.92 Å². The van der Waals surface area contributed by atoms with E-state index in [0.717, 1.165) is 16.7 Å². The number of aryl methyl sites for hydroxylation is 1. The van der Waals surface area contributed by atoms with Crippen molar-refractivity contribution in [1.82, 2.24) is 4.72 Å². The highest BCUT2D eigenvalue weighted by Crippen LogP contribution is 2.30. The van der Waals surface area contributed by atoms with E-state index in [0.29, 0.717) is 10.5 Å². The zero-order valence-electron chi connectivity index (χ0n) is 16.3. The minimum atomic E-state index is -1.58. The molecule has 0 aliphatic heterocycles. The van der Waals surface area contributed by atoms with Crippen molar-refractivity contribution in [3.8, 4) is 0 Å². The highest BCUT2D eigenvalue weighted by molar-refractivity contribution is 7.83. The van der Waals surface area contributed by atoms with Gasteiger partial charge in [-0.3, -0.25) is 0 Å². The molecule has 0 bridgehead atoms. The molecule has 29 heavy (non-hydrogen) atoms. The highest BCUT2D eigenvalue weighted by Gasteiger charge is 2.27. The van der Waals surface area contributed by atoms with Crippen LogP contribution in [0.1, 0.15) is 29.7 Å². The molecule has 0 aliphatic rings. The first kappa shape index (κ1) is 20.7. The van der Waals surface area contributed by atoms with Gasteiger partial charge in [-0.05, 0) is 42.7 Å². The molecule has 3 rings (SSSR count).